The Morgan fingerprint density at radius 2 is 2.05 bits per heavy atom. The largest absolute Gasteiger partial charge is 0.493 e. The molecule has 4 heteroatoms. The van der Waals surface area contributed by atoms with Gasteiger partial charge in [0.2, 0.25) is 0 Å². The molecule has 0 aromatic heterocycles. The quantitative estimate of drug-likeness (QED) is 0.798. The highest BCUT2D eigenvalue weighted by Gasteiger charge is 2.21. The molecular formula is C17H28N2O2. The zero-order valence-corrected chi connectivity index (χ0v) is 13.3. The molecule has 1 saturated heterocycles. The Morgan fingerprint density at radius 3 is 2.81 bits per heavy atom. The van der Waals surface area contributed by atoms with E-state index in [2.05, 4.69) is 10.2 Å². The normalized spacial score (nSPS) is 19.4. The highest BCUT2D eigenvalue weighted by Crippen LogP contribution is 2.26. The summed E-state index contributed by atoms with van der Waals surface area (Å²) < 4.78 is 11.2. The summed E-state index contributed by atoms with van der Waals surface area (Å²) in [7, 11) is 3.71. The maximum Gasteiger partial charge on any atom is 0.161 e. The van der Waals surface area contributed by atoms with Crippen molar-refractivity contribution in [2.75, 3.05) is 40.4 Å². The van der Waals surface area contributed by atoms with E-state index in [4.69, 9.17) is 9.47 Å². The fourth-order valence-electron chi connectivity index (χ4n) is 3.00. The van der Waals surface area contributed by atoms with Gasteiger partial charge in [-0.3, -0.25) is 4.90 Å². The fraction of sp³-hybridized carbons (Fsp3) is 0.647. The molecule has 1 aromatic carbocycles. The van der Waals surface area contributed by atoms with E-state index in [-0.39, 0.29) is 0 Å². The van der Waals surface area contributed by atoms with Crippen LogP contribution in [0.15, 0.2) is 24.3 Å². The molecule has 1 N–H and O–H groups in total. The predicted octanol–water partition coefficient (Wildman–Crippen LogP) is 2.54. The van der Waals surface area contributed by atoms with Crippen molar-refractivity contribution in [1.29, 1.82) is 0 Å². The second kappa shape index (κ2) is 8.90. The standard InChI is InChI=1S/C17H28N2O2/c1-18-11-10-15-7-5-6-12-19(15)13-14-21-17-9-4-3-8-16(17)20-2/h3-4,8-9,15,18H,5-7,10-14H2,1-2H3. The molecule has 0 amide bonds. The summed E-state index contributed by atoms with van der Waals surface area (Å²) in [5.41, 5.74) is 0. The number of hydrogen-bond acceptors (Lipinski definition) is 4. The molecule has 1 atom stereocenters. The van der Waals surface area contributed by atoms with Crippen LogP contribution in [0.3, 0.4) is 0 Å². The van der Waals surface area contributed by atoms with Gasteiger partial charge in [0.25, 0.3) is 0 Å². The van der Waals surface area contributed by atoms with Gasteiger partial charge in [-0.15, -0.1) is 0 Å². The van der Waals surface area contributed by atoms with Gasteiger partial charge in [-0.2, -0.15) is 0 Å². The average molecular weight is 292 g/mol. The highest BCUT2D eigenvalue weighted by atomic mass is 16.5. The van der Waals surface area contributed by atoms with Crippen LogP contribution in [-0.4, -0.2) is 51.3 Å². The van der Waals surface area contributed by atoms with Gasteiger partial charge >= 0.3 is 0 Å². The summed E-state index contributed by atoms with van der Waals surface area (Å²) in [5, 5.41) is 3.26. The Kier molecular flexibility index (Phi) is 6.83. The first-order valence-electron chi connectivity index (χ1n) is 7.99. The van der Waals surface area contributed by atoms with Gasteiger partial charge < -0.3 is 14.8 Å². The summed E-state index contributed by atoms with van der Waals surface area (Å²) in [6.45, 7) is 4.00. The molecule has 1 aliphatic rings. The Bertz CT molecular complexity index is 412. The van der Waals surface area contributed by atoms with Gasteiger partial charge in [0.1, 0.15) is 6.61 Å². The number of likely N-dealkylation sites (tertiary alicyclic amines) is 1. The molecule has 1 fully saturated rings. The molecule has 1 heterocycles. The van der Waals surface area contributed by atoms with Crippen LogP contribution >= 0.6 is 0 Å². The lowest BCUT2D eigenvalue weighted by atomic mass is 9.99. The minimum absolute atomic E-state index is 0.701. The van der Waals surface area contributed by atoms with Crippen LogP contribution in [0.2, 0.25) is 0 Å². The van der Waals surface area contributed by atoms with Crippen LogP contribution in [0.25, 0.3) is 0 Å². The van der Waals surface area contributed by atoms with Gasteiger partial charge in [-0.1, -0.05) is 18.6 Å². The summed E-state index contributed by atoms with van der Waals surface area (Å²) in [6, 6.07) is 8.55. The first-order chi connectivity index (χ1) is 10.3. The van der Waals surface area contributed by atoms with Crippen molar-refractivity contribution in [3.8, 4) is 11.5 Å². The SMILES string of the molecule is CNCCC1CCCCN1CCOc1ccccc1OC. The van der Waals surface area contributed by atoms with Gasteiger partial charge in [-0.25, -0.2) is 0 Å². The molecule has 1 aromatic rings. The summed E-state index contributed by atoms with van der Waals surface area (Å²) in [5.74, 6) is 1.65. The molecule has 0 bridgehead atoms. The molecule has 0 spiro atoms. The minimum atomic E-state index is 0.701. The lowest BCUT2D eigenvalue weighted by Crippen LogP contribution is -2.43. The molecule has 0 aliphatic carbocycles. The van der Waals surface area contributed by atoms with Crippen LogP contribution in [-0.2, 0) is 0 Å². The van der Waals surface area contributed by atoms with Crippen molar-refractivity contribution in [3.63, 3.8) is 0 Å². The molecule has 1 aliphatic heterocycles. The topological polar surface area (TPSA) is 33.7 Å². The highest BCUT2D eigenvalue weighted by molar-refractivity contribution is 5.39. The molecular weight excluding hydrogens is 264 g/mol. The van der Waals surface area contributed by atoms with E-state index >= 15 is 0 Å². The third-order valence-electron chi connectivity index (χ3n) is 4.18. The third kappa shape index (κ3) is 4.90. The Hall–Kier alpha value is -1.26. The zero-order valence-electron chi connectivity index (χ0n) is 13.3. The second-order valence-corrected chi connectivity index (χ2v) is 5.58. The molecule has 118 valence electrons. The molecule has 2 rings (SSSR count). The average Bonchev–Trinajstić information content (AvgIpc) is 2.54. The van der Waals surface area contributed by atoms with Gasteiger partial charge in [0, 0.05) is 12.6 Å². The number of piperidine rings is 1. The Labute approximate surface area is 128 Å². The lowest BCUT2D eigenvalue weighted by Gasteiger charge is -2.35. The lowest BCUT2D eigenvalue weighted by molar-refractivity contribution is 0.116. The molecule has 0 saturated carbocycles. The number of benzene rings is 1. The first-order valence-corrected chi connectivity index (χ1v) is 7.99. The number of para-hydroxylation sites is 2. The second-order valence-electron chi connectivity index (χ2n) is 5.58. The smallest absolute Gasteiger partial charge is 0.161 e. The Morgan fingerprint density at radius 1 is 1.24 bits per heavy atom. The van der Waals surface area contributed by atoms with Crippen LogP contribution in [0.5, 0.6) is 11.5 Å². The maximum absolute atomic E-state index is 5.90. The minimum Gasteiger partial charge on any atom is -0.493 e. The number of hydrogen-bond donors (Lipinski definition) is 1. The third-order valence-corrected chi connectivity index (χ3v) is 4.18. The van der Waals surface area contributed by atoms with Gasteiger partial charge in [-0.05, 0) is 51.5 Å². The number of nitrogens with one attached hydrogen (secondary N) is 1. The maximum atomic E-state index is 5.90. The number of nitrogens with zero attached hydrogens (tertiary/aromatic N) is 1. The zero-order chi connectivity index (χ0) is 14.9. The predicted molar refractivity (Wildman–Crippen MR) is 86.2 cm³/mol. The number of methoxy groups -OCH3 is 1. The van der Waals surface area contributed by atoms with Crippen molar-refractivity contribution in [2.24, 2.45) is 0 Å². The van der Waals surface area contributed by atoms with E-state index in [0.29, 0.717) is 6.04 Å². The first kappa shape index (κ1) is 16.1. The van der Waals surface area contributed by atoms with E-state index in [9.17, 15) is 0 Å². The van der Waals surface area contributed by atoms with Gasteiger partial charge in [0.15, 0.2) is 11.5 Å². The molecule has 0 radical (unpaired) electrons. The number of ether oxygens (including phenoxy) is 2. The van der Waals surface area contributed by atoms with Crippen molar-refractivity contribution in [2.45, 2.75) is 31.7 Å². The van der Waals surface area contributed by atoms with E-state index in [1.165, 1.54) is 32.2 Å². The van der Waals surface area contributed by atoms with Crippen molar-refractivity contribution in [1.82, 2.24) is 10.2 Å². The summed E-state index contributed by atoms with van der Waals surface area (Å²) >= 11 is 0. The van der Waals surface area contributed by atoms with E-state index < -0.39 is 0 Å². The molecule has 21 heavy (non-hydrogen) atoms. The monoisotopic (exact) mass is 292 g/mol. The van der Waals surface area contributed by atoms with Crippen LogP contribution < -0.4 is 14.8 Å². The Balaban J connectivity index is 1.80. The van der Waals surface area contributed by atoms with E-state index in [1.54, 1.807) is 7.11 Å². The number of rotatable bonds is 8. The van der Waals surface area contributed by atoms with Crippen LogP contribution in [0.4, 0.5) is 0 Å². The van der Waals surface area contributed by atoms with Gasteiger partial charge in [0.05, 0.1) is 7.11 Å². The van der Waals surface area contributed by atoms with Crippen molar-refractivity contribution >= 4 is 0 Å². The summed E-state index contributed by atoms with van der Waals surface area (Å²) in [6.07, 6.45) is 5.21. The molecule has 4 nitrogen and oxygen atoms in total. The van der Waals surface area contributed by atoms with Crippen molar-refractivity contribution < 1.29 is 9.47 Å². The molecule has 1 unspecified atom stereocenters. The van der Waals surface area contributed by atoms with E-state index in [1.807, 2.05) is 31.3 Å². The fourth-order valence-corrected chi connectivity index (χ4v) is 3.00. The summed E-state index contributed by atoms with van der Waals surface area (Å²) in [4.78, 5) is 2.58. The van der Waals surface area contributed by atoms with Crippen LogP contribution in [0.1, 0.15) is 25.7 Å². The van der Waals surface area contributed by atoms with Crippen molar-refractivity contribution in [3.05, 3.63) is 24.3 Å². The van der Waals surface area contributed by atoms with Crippen LogP contribution in [0, 0.1) is 0 Å². The van der Waals surface area contributed by atoms with E-state index in [0.717, 1.165) is 31.2 Å².